The predicted molar refractivity (Wildman–Crippen MR) is 127 cm³/mol. The summed E-state index contributed by atoms with van der Waals surface area (Å²) in [5.74, 6) is 0.838. The molecule has 1 aromatic carbocycles. The molecule has 0 bridgehead atoms. The molecule has 0 aliphatic rings. The maximum absolute atomic E-state index is 4.78. The third-order valence-electron chi connectivity index (χ3n) is 4.35. The van der Waals surface area contributed by atoms with Crippen LogP contribution >= 0.6 is 35.3 Å². The number of pyridine rings is 1. The first kappa shape index (κ1) is 21.6. The second-order valence-electron chi connectivity index (χ2n) is 6.90. The van der Waals surface area contributed by atoms with E-state index < -0.39 is 0 Å². The van der Waals surface area contributed by atoms with E-state index in [1.54, 1.807) is 11.3 Å². The van der Waals surface area contributed by atoms with Crippen LogP contribution in [0.1, 0.15) is 31.2 Å². The molecular formula is C21H27IN4S. The smallest absolute Gasteiger partial charge is 0.191 e. The molecule has 2 aromatic heterocycles. The number of nitrogens with zero attached hydrogens (tertiary/aromatic N) is 2. The summed E-state index contributed by atoms with van der Waals surface area (Å²) in [5, 5.41) is 10.1. The molecule has 2 heterocycles. The second-order valence-corrected chi connectivity index (χ2v) is 7.85. The molecule has 0 amide bonds. The van der Waals surface area contributed by atoms with Gasteiger partial charge < -0.3 is 10.6 Å². The van der Waals surface area contributed by atoms with Gasteiger partial charge in [0.05, 0.1) is 12.1 Å². The molecule has 144 valence electrons. The van der Waals surface area contributed by atoms with E-state index in [-0.39, 0.29) is 29.4 Å². The highest BCUT2D eigenvalue weighted by atomic mass is 127. The molecule has 27 heavy (non-hydrogen) atoms. The summed E-state index contributed by atoms with van der Waals surface area (Å²) in [6, 6.07) is 14.6. The highest BCUT2D eigenvalue weighted by Crippen LogP contribution is 2.26. The van der Waals surface area contributed by atoms with Gasteiger partial charge in [0.25, 0.3) is 0 Å². The molecular weight excluding hydrogens is 467 g/mol. The van der Waals surface area contributed by atoms with Crippen LogP contribution in [0.25, 0.3) is 10.9 Å². The van der Waals surface area contributed by atoms with E-state index in [2.05, 4.69) is 78.2 Å². The number of aliphatic imine (C=N–C) groups is 1. The van der Waals surface area contributed by atoms with Crippen molar-refractivity contribution in [3.63, 3.8) is 0 Å². The third-order valence-corrected chi connectivity index (χ3v) is 5.59. The Morgan fingerprint density at radius 2 is 1.93 bits per heavy atom. The van der Waals surface area contributed by atoms with Crippen molar-refractivity contribution >= 4 is 52.2 Å². The van der Waals surface area contributed by atoms with Gasteiger partial charge in [0.15, 0.2) is 5.96 Å². The van der Waals surface area contributed by atoms with Gasteiger partial charge in [-0.2, -0.15) is 0 Å². The Balaban J connectivity index is 0.00000261. The highest BCUT2D eigenvalue weighted by Gasteiger charge is 2.21. The number of guanidine groups is 1. The first-order chi connectivity index (χ1) is 12.6. The van der Waals surface area contributed by atoms with Gasteiger partial charge in [0.1, 0.15) is 0 Å². The van der Waals surface area contributed by atoms with Crippen molar-refractivity contribution in [3.05, 3.63) is 64.5 Å². The van der Waals surface area contributed by atoms with Crippen LogP contribution in [0.3, 0.4) is 0 Å². The highest BCUT2D eigenvalue weighted by molar-refractivity contribution is 14.0. The number of thiophene rings is 1. The van der Waals surface area contributed by atoms with Gasteiger partial charge in [-0.25, -0.2) is 4.99 Å². The number of para-hydroxylation sites is 1. The van der Waals surface area contributed by atoms with Crippen LogP contribution in [0.15, 0.2) is 59.0 Å². The van der Waals surface area contributed by atoms with Crippen molar-refractivity contribution in [1.82, 2.24) is 15.6 Å². The largest absolute Gasteiger partial charge is 0.357 e. The van der Waals surface area contributed by atoms with E-state index >= 15 is 0 Å². The van der Waals surface area contributed by atoms with Gasteiger partial charge in [-0.05, 0) is 30.0 Å². The Morgan fingerprint density at radius 1 is 1.11 bits per heavy atom. The fourth-order valence-electron chi connectivity index (χ4n) is 2.86. The molecule has 3 aromatic rings. The third kappa shape index (κ3) is 5.65. The molecule has 6 heteroatoms. The fourth-order valence-corrected chi connectivity index (χ4v) is 3.71. The Hall–Kier alpha value is -1.67. The minimum Gasteiger partial charge on any atom is -0.357 e. The summed E-state index contributed by atoms with van der Waals surface area (Å²) in [7, 11) is 0. The van der Waals surface area contributed by atoms with Gasteiger partial charge in [-0.1, -0.05) is 44.2 Å². The molecule has 0 radical (unpaired) electrons. The number of rotatable bonds is 6. The summed E-state index contributed by atoms with van der Waals surface area (Å²) < 4.78 is 0. The minimum absolute atomic E-state index is 0. The van der Waals surface area contributed by atoms with Gasteiger partial charge in [-0.15, -0.1) is 35.3 Å². The van der Waals surface area contributed by atoms with Crippen molar-refractivity contribution in [1.29, 1.82) is 0 Å². The lowest BCUT2D eigenvalue weighted by Gasteiger charge is -2.25. The van der Waals surface area contributed by atoms with Gasteiger partial charge in [0, 0.05) is 35.0 Å². The number of hydrogen-bond donors (Lipinski definition) is 2. The van der Waals surface area contributed by atoms with Gasteiger partial charge in [0.2, 0.25) is 0 Å². The van der Waals surface area contributed by atoms with E-state index in [0.717, 1.165) is 35.5 Å². The normalized spacial score (nSPS) is 11.9. The maximum atomic E-state index is 4.78. The van der Waals surface area contributed by atoms with Crippen molar-refractivity contribution in [2.45, 2.75) is 32.7 Å². The molecule has 0 atom stereocenters. The first-order valence-corrected chi connectivity index (χ1v) is 9.87. The van der Waals surface area contributed by atoms with E-state index in [4.69, 9.17) is 4.99 Å². The summed E-state index contributed by atoms with van der Waals surface area (Å²) in [6.07, 6.45) is 1.84. The van der Waals surface area contributed by atoms with Crippen LogP contribution in [-0.2, 0) is 12.0 Å². The van der Waals surface area contributed by atoms with Crippen molar-refractivity contribution in [3.8, 4) is 0 Å². The Labute approximate surface area is 182 Å². The number of benzene rings is 1. The minimum atomic E-state index is 0. The Kier molecular flexibility index (Phi) is 8.04. The van der Waals surface area contributed by atoms with Crippen LogP contribution in [0.5, 0.6) is 0 Å². The van der Waals surface area contributed by atoms with E-state index in [1.165, 1.54) is 4.88 Å². The maximum Gasteiger partial charge on any atom is 0.191 e. The summed E-state index contributed by atoms with van der Waals surface area (Å²) >= 11 is 1.80. The molecule has 0 saturated heterocycles. The number of nitrogens with one attached hydrogen (secondary N) is 2. The quantitative estimate of drug-likeness (QED) is 0.290. The SMILES string of the molecule is CCNC(=NCc1cccc2cccnc12)NCC(C)(C)c1cccs1.I. The second kappa shape index (κ2) is 10.0. The number of fused-ring (bicyclic) bond motifs is 1. The molecule has 0 aliphatic carbocycles. The van der Waals surface area contributed by atoms with E-state index in [0.29, 0.717) is 6.54 Å². The van der Waals surface area contributed by atoms with Crippen LogP contribution in [0, 0.1) is 0 Å². The van der Waals surface area contributed by atoms with Crippen molar-refractivity contribution in [2.75, 3.05) is 13.1 Å². The molecule has 3 rings (SSSR count). The zero-order valence-corrected chi connectivity index (χ0v) is 19.2. The van der Waals surface area contributed by atoms with E-state index in [1.807, 2.05) is 12.3 Å². The van der Waals surface area contributed by atoms with Crippen LogP contribution in [0.2, 0.25) is 0 Å². The Morgan fingerprint density at radius 3 is 2.67 bits per heavy atom. The standard InChI is InChI=1S/C21H26N4S.HI/c1-4-22-20(25-15-21(2,3)18-11-7-13-26-18)24-14-17-9-5-8-16-10-6-12-23-19(16)17;/h5-13H,4,14-15H2,1-3H3,(H2,22,24,25);1H. The number of hydrogen-bond acceptors (Lipinski definition) is 3. The monoisotopic (exact) mass is 494 g/mol. The summed E-state index contributed by atoms with van der Waals surface area (Å²) in [5.41, 5.74) is 2.22. The lowest BCUT2D eigenvalue weighted by atomic mass is 9.91. The molecule has 0 spiro atoms. The number of aromatic nitrogens is 1. The average Bonchev–Trinajstić information content (AvgIpc) is 3.20. The van der Waals surface area contributed by atoms with E-state index in [9.17, 15) is 0 Å². The van der Waals surface area contributed by atoms with Crippen LogP contribution in [-0.4, -0.2) is 24.0 Å². The first-order valence-electron chi connectivity index (χ1n) is 8.99. The molecule has 0 aliphatic heterocycles. The molecule has 0 saturated carbocycles. The lowest BCUT2D eigenvalue weighted by molar-refractivity contribution is 0.518. The zero-order valence-electron chi connectivity index (χ0n) is 16.0. The zero-order chi connectivity index (χ0) is 18.4. The predicted octanol–water partition coefficient (Wildman–Crippen LogP) is 4.95. The summed E-state index contributed by atoms with van der Waals surface area (Å²) in [4.78, 5) is 10.7. The lowest BCUT2D eigenvalue weighted by Crippen LogP contribution is -2.43. The van der Waals surface area contributed by atoms with Crippen LogP contribution < -0.4 is 10.6 Å². The molecule has 0 unspecified atom stereocenters. The topological polar surface area (TPSA) is 49.3 Å². The van der Waals surface area contributed by atoms with Crippen LogP contribution in [0.4, 0.5) is 0 Å². The molecule has 4 nitrogen and oxygen atoms in total. The van der Waals surface area contributed by atoms with Gasteiger partial charge in [-0.3, -0.25) is 4.98 Å². The van der Waals surface area contributed by atoms with Crippen molar-refractivity contribution in [2.24, 2.45) is 4.99 Å². The van der Waals surface area contributed by atoms with Gasteiger partial charge >= 0.3 is 0 Å². The molecule has 0 fully saturated rings. The number of halogens is 1. The average molecular weight is 494 g/mol. The Bertz CT molecular complexity index is 870. The fraction of sp³-hybridized carbons (Fsp3) is 0.333. The summed E-state index contributed by atoms with van der Waals surface area (Å²) in [6.45, 7) is 8.85. The molecule has 2 N–H and O–H groups in total. The van der Waals surface area contributed by atoms with Crippen molar-refractivity contribution < 1.29 is 0 Å².